The molecule has 0 spiro atoms. The normalized spacial score (nSPS) is 10.4. The van der Waals surface area contributed by atoms with Gasteiger partial charge in [0.05, 0.1) is 0 Å². The summed E-state index contributed by atoms with van der Waals surface area (Å²) < 4.78 is 26.4. The third-order valence-corrected chi connectivity index (χ3v) is 2.86. The molecule has 1 N–H and O–H groups in total. The number of phenolic OH excluding ortho intramolecular Hbond substituents is 1. The molecule has 2 aromatic carbocycles. The number of phenols is 1. The van der Waals surface area contributed by atoms with Crippen molar-refractivity contribution in [3.63, 3.8) is 0 Å². The molecule has 0 saturated carbocycles. The van der Waals surface area contributed by atoms with E-state index in [-0.39, 0.29) is 5.75 Å². The first-order valence-electron chi connectivity index (χ1n) is 4.52. The van der Waals surface area contributed by atoms with E-state index in [0.29, 0.717) is 15.6 Å². The molecule has 2 rings (SSSR count). The highest BCUT2D eigenvalue weighted by molar-refractivity contribution is 9.10. The van der Waals surface area contributed by atoms with Gasteiger partial charge in [0.2, 0.25) is 0 Å². The third-order valence-electron chi connectivity index (χ3n) is 2.20. The summed E-state index contributed by atoms with van der Waals surface area (Å²) in [6.45, 7) is 0. The van der Waals surface area contributed by atoms with Crippen LogP contribution in [0.4, 0.5) is 8.78 Å². The SMILES string of the molecule is Oc1ccccc1-c1cc(F)c(F)cc1Br. The summed E-state index contributed by atoms with van der Waals surface area (Å²) >= 11 is 3.13. The maximum absolute atomic E-state index is 13.1. The minimum Gasteiger partial charge on any atom is -0.507 e. The first kappa shape index (κ1) is 11.1. The molecule has 0 bridgehead atoms. The summed E-state index contributed by atoms with van der Waals surface area (Å²) in [7, 11) is 0. The van der Waals surface area contributed by atoms with E-state index in [1.165, 1.54) is 6.07 Å². The van der Waals surface area contributed by atoms with Crippen molar-refractivity contribution in [1.29, 1.82) is 0 Å². The zero-order chi connectivity index (χ0) is 11.7. The van der Waals surface area contributed by atoms with E-state index >= 15 is 0 Å². The first-order chi connectivity index (χ1) is 7.59. The van der Waals surface area contributed by atoms with Gasteiger partial charge in [-0.3, -0.25) is 0 Å². The Morgan fingerprint density at radius 2 is 1.56 bits per heavy atom. The smallest absolute Gasteiger partial charge is 0.159 e. The van der Waals surface area contributed by atoms with Crippen molar-refractivity contribution in [2.24, 2.45) is 0 Å². The molecule has 0 radical (unpaired) electrons. The summed E-state index contributed by atoms with van der Waals surface area (Å²) in [5, 5.41) is 9.61. The lowest BCUT2D eigenvalue weighted by molar-refractivity contribution is 0.477. The number of halogens is 3. The van der Waals surface area contributed by atoms with Crippen LogP contribution in [-0.4, -0.2) is 5.11 Å². The van der Waals surface area contributed by atoms with Crippen molar-refractivity contribution in [3.8, 4) is 16.9 Å². The average Bonchev–Trinajstić information content (AvgIpc) is 2.25. The highest BCUT2D eigenvalue weighted by atomic mass is 79.9. The summed E-state index contributed by atoms with van der Waals surface area (Å²) in [6.07, 6.45) is 0. The Morgan fingerprint density at radius 1 is 0.938 bits per heavy atom. The highest BCUT2D eigenvalue weighted by Gasteiger charge is 2.12. The van der Waals surface area contributed by atoms with Gasteiger partial charge in [-0.25, -0.2) is 8.78 Å². The Kier molecular flexibility index (Phi) is 2.92. The molecule has 1 nitrogen and oxygen atoms in total. The Bertz CT molecular complexity index is 541. The summed E-state index contributed by atoms with van der Waals surface area (Å²) in [5.41, 5.74) is 0.866. The first-order valence-corrected chi connectivity index (χ1v) is 5.32. The standard InChI is InChI=1S/C12H7BrF2O/c13-9-6-11(15)10(14)5-8(9)7-3-1-2-4-12(7)16/h1-6,16H. The van der Waals surface area contributed by atoms with E-state index in [1.54, 1.807) is 18.2 Å². The number of aromatic hydroxyl groups is 1. The van der Waals surface area contributed by atoms with E-state index in [2.05, 4.69) is 15.9 Å². The van der Waals surface area contributed by atoms with E-state index < -0.39 is 11.6 Å². The fourth-order valence-corrected chi connectivity index (χ4v) is 1.96. The molecule has 0 atom stereocenters. The average molecular weight is 285 g/mol. The van der Waals surface area contributed by atoms with Gasteiger partial charge in [-0.15, -0.1) is 0 Å². The summed E-state index contributed by atoms with van der Waals surface area (Å²) in [5.74, 6) is -1.85. The van der Waals surface area contributed by atoms with Crippen molar-refractivity contribution in [2.75, 3.05) is 0 Å². The fourth-order valence-electron chi connectivity index (χ4n) is 1.43. The quantitative estimate of drug-likeness (QED) is 0.782. The van der Waals surface area contributed by atoms with Crippen LogP contribution in [0.1, 0.15) is 0 Å². The van der Waals surface area contributed by atoms with Gasteiger partial charge in [-0.2, -0.15) is 0 Å². The van der Waals surface area contributed by atoms with Crippen molar-refractivity contribution in [2.45, 2.75) is 0 Å². The lowest BCUT2D eigenvalue weighted by Crippen LogP contribution is -1.88. The highest BCUT2D eigenvalue weighted by Crippen LogP contribution is 2.35. The summed E-state index contributed by atoms with van der Waals surface area (Å²) in [4.78, 5) is 0. The molecular weight excluding hydrogens is 278 g/mol. The molecule has 0 heterocycles. The number of rotatable bonds is 1. The van der Waals surface area contributed by atoms with Gasteiger partial charge in [-0.05, 0) is 18.2 Å². The Labute approximate surface area is 99.5 Å². The van der Waals surface area contributed by atoms with Gasteiger partial charge in [-0.1, -0.05) is 34.1 Å². The van der Waals surface area contributed by atoms with E-state index in [9.17, 15) is 13.9 Å². The Morgan fingerprint density at radius 3 is 2.25 bits per heavy atom. The maximum Gasteiger partial charge on any atom is 0.159 e. The minimum absolute atomic E-state index is 0.0224. The monoisotopic (exact) mass is 284 g/mol. The van der Waals surface area contributed by atoms with Crippen LogP contribution in [0.25, 0.3) is 11.1 Å². The van der Waals surface area contributed by atoms with E-state index in [4.69, 9.17) is 0 Å². The van der Waals surface area contributed by atoms with Crippen molar-refractivity contribution in [3.05, 3.63) is 52.5 Å². The molecule has 0 unspecified atom stereocenters. The van der Waals surface area contributed by atoms with Gasteiger partial charge in [0.25, 0.3) is 0 Å². The molecule has 0 aliphatic carbocycles. The van der Waals surface area contributed by atoms with Crippen LogP contribution in [0, 0.1) is 11.6 Å². The fraction of sp³-hybridized carbons (Fsp3) is 0. The van der Waals surface area contributed by atoms with Gasteiger partial charge in [0, 0.05) is 15.6 Å². The van der Waals surface area contributed by atoms with Crippen LogP contribution >= 0.6 is 15.9 Å². The number of hydrogen-bond acceptors (Lipinski definition) is 1. The third kappa shape index (κ3) is 1.93. The zero-order valence-corrected chi connectivity index (χ0v) is 9.63. The second-order valence-corrected chi connectivity index (χ2v) is 4.12. The Balaban J connectivity index is 2.65. The van der Waals surface area contributed by atoms with Crippen molar-refractivity contribution in [1.82, 2.24) is 0 Å². The Hall–Kier alpha value is -1.42. The topological polar surface area (TPSA) is 20.2 Å². The predicted molar refractivity (Wildman–Crippen MR) is 61.2 cm³/mol. The molecule has 82 valence electrons. The molecule has 2 aromatic rings. The molecule has 0 fully saturated rings. The molecule has 0 aromatic heterocycles. The second-order valence-electron chi connectivity index (χ2n) is 3.26. The number of benzene rings is 2. The van der Waals surface area contributed by atoms with Crippen LogP contribution in [0.15, 0.2) is 40.9 Å². The summed E-state index contributed by atoms with van der Waals surface area (Å²) in [6, 6.07) is 8.58. The van der Waals surface area contributed by atoms with Crippen LogP contribution in [-0.2, 0) is 0 Å². The molecular formula is C12H7BrF2O. The largest absolute Gasteiger partial charge is 0.507 e. The predicted octanol–water partition coefficient (Wildman–Crippen LogP) is 4.10. The van der Waals surface area contributed by atoms with Crippen molar-refractivity contribution < 1.29 is 13.9 Å². The molecule has 0 amide bonds. The van der Waals surface area contributed by atoms with Gasteiger partial charge >= 0.3 is 0 Å². The number of para-hydroxylation sites is 1. The molecule has 0 saturated heterocycles. The van der Waals surface area contributed by atoms with Crippen LogP contribution in [0.3, 0.4) is 0 Å². The maximum atomic E-state index is 13.1. The van der Waals surface area contributed by atoms with E-state index in [1.807, 2.05) is 0 Å². The van der Waals surface area contributed by atoms with Crippen molar-refractivity contribution >= 4 is 15.9 Å². The minimum atomic E-state index is -0.943. The van der Waals surface area contributed by atoms with Gasteiger partial charge < -0.3 is 5.11 Å². The second kappa shape index (κ2) is 4.22. The van der Waals surface area contributed by atoms with Gasteiger partial charge in [0.15, 0.2) is 11.6 Å². The molecule has 4 heteroatoms. The molecule has 0 aliphatic rings. The van der Waals surface area contributed by atoms with E-state index in [0.717, 1.165) is 12.1 Å². The molecule has 16 heavy (non-hydrogen) atoms. The lowest BCUT2D eigenvalue weighted by Gasteiger charge is -2.07. The van der Waals surface area contributed by atoms with Crippen LogP contribution in [0.5, 0.6) is 5.75 Å². The van der Waals surface area contributed by atoms with Crippen LogP contribution < -0.4 is 0 Å². The van der Waals surface area contributed by atoms with Crippen LogP contribution in [0.2, 0.25) is 0 Å². The number of hydrogen-bond donors (Lipinski definition) is 1. The molecule has 0 aliphatic heterocycles. The van der Waals surface area contributed by atoms with Gasteiger partial charge in [0.1, 0.15) is 5.75 Å². The lowest BCUT2D eigenvalue weighted by atomic mass is 10.0. The zero-order valence-electron chi connectivity index (χ0n) is 8.05.